The van der Waals surface area contributed by atoms with Crippen LogP contribution in [0.1, 0.15) is 13.8 Å². The Bertz CT molecular complexity index is 961. The zero-order valence-electron chi connectivity index (χ0n) is 15.5. The van der Waals surface area contributed by atoms with Crippen molar-refractivity contribution in [3.05, 3.63) is 18.2 Å². The third-order valence-electron chi connectivity index (χ3n) is 3.52. The lowest BCUT2D eigenvalue weighted by molar-refractivity contribution is -0.114. The normalized spacial score (nSPS) is 13.0. The van der Waals surface area contributed by atoms with Gasteiger partial charge in [-0.2, -0.15) is 0 Å². The molecule has 1 aliphatic rings. The number of carbonyl (C=O) groups is 1. The molecule has 1 N–H and O–H groups in total. The molecule has 152 valence electrons. The van der Waals surface area contributed by atoms with Gasteiger partial charge in [0.2, 0.25) is 27.9 Å². The maximum Gasteiger partial charge on any atom is 0.246 e. The van der Waals surface area contributed by atoms with Gasteiger partial charge in [-0.25, -0.2) is 8.42 Å². The number of nitrogens with zero attached hydrogens (tertiary/aromatic N) is 3. The van der Waals surface area contributed by atoms with Crippen LogP contribution in [0.5, 0.6) is 11.5 Å². The maximum atomic E-state index is 12.4. The first-order valence-electron chi connectivity index (χ1n) is 8.36. The van der Waals surface area contributed by atoms with Gasteiger partial charge >= 0.3 is 0 Å². The smallest absolute Gasteiger partial charge is 0.246 e. The second-order valence-electron chi connectivity index (χ2n) is 6.43. The van der Waals surface area contributed by atoms with E-state index in [1.54, 1.807) is 23.9 Å². The molecule has 0 fully saturated rings. The van der Waals surface area contributed by atoms with E-state index in [9.17, 15) is 13.2 Å². The molecule has 2 heterocycles. The number of hydrogen-bond donors (Lipinski definition) is 1. The van der Waals surface area contributed by atoms with Gasteiger partial charge in [-0.3, -0.25) is 14.4 Å². The molecule has 0 atom stereocenters. The lowest BCUT2D eigenvalue weighted by Gasteiger charge is -2.21. The summed E-state index contributed by atoms with van der Waals surface area (Å²) < 4.78 is 36.7. The lowest BCUT2D eigenvalue weighted by Crippen LogP contribution is -2.37. The van der Waals surface area contributed by atoms with Crippen molar-refractivity contribution in [2.45, 2.75) is 18.2 Å². The van der Waals surface area contributed by atoms with E-state index in [1.165, 1.54) is 17.4 Å². The van der Waals surface area contributed by atoms with Gasteiger partial charge in [0.05, 0.1) is 11.9 Å². The predicted molar refractivity (Wildman–Crippen MR) is 109 cm³/mol. The van der Waals surface area contributed by atoms with Crippen LogP contribution in [0, 0.1) is 5.92 Å². The fraction of sp³-hybridized carbons (Fsp3) is 0.438. The Morgan fingerprint density at radius 2 is 2.07 bits per heavy atom. The van der Waals surface area contributed by atoms with E-state index in [4.69, 9.17) is 9.47 Å². The van der Waals surface area contributed by atoms with Gasteiger partial charge in [-0.15, -0.1) is 10.2 Å². The average molecular weight is 445 g/mol. The van der Waals surface area contributed by atoms with Gasteiger partial charge in [-0.1, -0.05) is 36.9 Å². The molecule has 1 amide bonds. The van der Waals surface area contributed by atoms with E-state index >= 15 is 0 Å². The van der Waals surface area contributed by atoms with Crippen LogP contribution in [0.25, 0.3) is 0 Å². The third kappa shape index (κ3) is 5.26. The lowest BCUT2D eigenvalue weighted by atomic mass is 10.3. The second-order valence-corrected chi connectivity index (χ2v) is 10.6. The molecule has 1 aromatic heterocycles. The quantitative estimate of drug-likeness (QED) is 0.488. The van der Waals surface area contributed by atoms with Crippen molar-refractivity contribution in [1.82, 2.24) is 10.2 Å². The summed E-state index contributed by atoms with van der Waals surface area (Å²) in [6, 6.07) is 4.70. The predicted octanol–water partition coefficient (Wildman–Crippen LogP) is 2.42. The number of ether oxygens (including phenoxy) is 2. The van der Waals surface area contributed by atoms with Crippen LogP contribution in [-0.2, 0) is 14.8 Å². The monoisotopic (exact) mass is 444 g/mol. The van der Waals surface area contributed by atoms with Crippen molar-refractivity contribution in [3.63, 3.8) is 0 Å². The molecule has 0 radical (unpaired) electrons. The van der Waals surface area contributed by atoms with Gasteiger partial charge in [0.15, 0.2) is 15.8 Å². The van der Waals surface area contributed by atoms with Crippen molar-refractivity contribution >= 4 is 49.8 Å². The Hall–Kier alpha value is -2.05. The molecule has 1 aliphatic heterocycles. The largest absolute Gasteiger partial charge is 0.454 e. The minimum atomic E-state index is -3.70. The summed E-state index contributed by atoms with van der Waals surface area (Å²) in [5.74, 6) is 1.86. The van der Waals surface area contributed by atoms with Crippen molar-refractivity contribution in [2.24, 2.45) is 5.92 Å². The van der Waals surface area contributed by atoms with Gasteiger partial charge in [0, 0.05) is 11.8 Å². The van der Waals surface area contributed by atoms with Crippen LogP contribution in [0.3, 0.4) is 0 Å². The van der Waals surface area contributed by atoms with Crippen LogP contribution in [-0.4, -0.2) is 49.9 Å². The maximum absolute atomic E-state index is 12.4. The summed E-state index contributed by atoms with van der Waals surface area (Å²) in [6.07, 6.45) is 1.04. The number of benzene rings is 1. The van der Waals surface area contributed by atoms with Crippen LogP contribution in [0.2, 0.25) is 0 Å². The zero-order chi connectivity index (χ0) is 20.3. The molecule has 0 saturated carbocycles. The number of carbonyl (C=O) groups excluding carboxylic acids is 1. The molecule has 2 aromatic rings. The molecule has 0 bridgehead atoms. The van der Waals surface area contributed by atoms with Crippen LogP contribution >= 0.6 is 23.1 Å². The van der Waals surface area contributed by atoms with E-state index in [1.807, 2.05) is 0 Å². The summed E-state index contributed by atoms with van der Waals surface area (Å²) in [7, 11) is -3.70. The highest BCUT2D eigenvalue weighted by molar-refractivity contribution is 8.01. The second kappa shape index (κ2) is 8.53. The fourth-order valence-electron chi connectivity index (χ4n) is 2.29. The molecule has 9 nitrogen and oxygen atoms in total. The Kier molecular flexibility index (Phi) is 6.30. The standard InChI is InChI=1S/C16H20N4O5S3/c1-10(2)8-26-16-19-18-15(27-16)17-14(21)7-20(28(3,22)23)11-4-5-12-13(6-11)25-9-24-12/h4-6,10H,7-9H2,1-3H3,(H,17,18,21). The van der Waals surface area contributed by atoms with Crippen molar-refractivity contribution < 1.29 is 22.7 Å². The Labute approximate surface area is 171 Å². The van der Waals surface area contributed by atoms with Crippen LogP contribution < -0.4 is 19.1 Å². The van der Waals surface area contributed by atoms with Crippen molar-refractivity contribution in [2.75, 3.05) is 35.0 Å². The molecule has 28 heavy (non-hydrogen) atoms. The van der Waals surface area contributed by atoms with Gasteiger partial charge in [-0.05, 0) is 18.1 Å². The zero-order valence-corrected chi connectivity index (χ0v) is 18.0. The minimum Gasteiger partial charge on any atom is -0.454 e. The van der Waals surface area contributed by atoms with Crippen LogP contribution in [0.15, 0.2) is 22.5 Å². The molecule has 0 unspecified atom stereocenters. The van der Waals surface area contributed by atoms with Crippen molar-refractivity contribution in [1.29, 1.82) is 0 Å². The average Bonchev–Trinajstić information content (AvgIpc) is 3.25. The Balaban J connectivity index is 1.69. The van der Waals surface area contributed by atoms with Gasteiger partial charge in [0.25, 0.3) is 0 Å². The van der Waals surface area contributed by atoms with Crippen LogP contribution in [0.4, 0.5) is 10.8 Å². The first-order valence-corrected chi connectivity index (χ1v) is 12.0. The summed E-state index contributed by atoms with van der Waals surface area (Å²) in [4.78, 5) is 12.4. The van der Waals surface area contributed by atoms with E-state index in [-0.39, 0.29) is 6.79 Å². The topological polar surface area (TPSA) is 111 Å². The van der Waals surface area contributed by atoms with E-state index in [2.05, 4.69) is 29.4 Å². The Morgan fingerprint density at radius 3 is 2.79 bits per heavy atom. The molecule has 1 aromatic carbocycles. The number of nitrogens with one attached hydrogen (secondary N) is 1. The minimum absolute atomic E-state index is 0.0757. The number of amides is 1. The molecular formula is C16H20N4O5S3. The first kappa shape index (κ1) is 20.7. The third-order valence-corrected chi connectivity index (χ3v) is 7.06. The molecular weight excluding hydrogens is 424 g/mol. The number of hydrogen-bond acceptors (Lipinski definition) is 9. The summed E-state index contributed by atoms with van der Waals surface area (Å²) in [6.45, 7) is 3.89. The number of fused-ring (bicyclic) bond motifs is 1. The summed E-state index contributed by atoms with van der Waals surface area (Å²) in [5.41, 5.74) is 0.312. The summed E-state index contributed by atoms with van der Waals surface area (Å²) in [5, 5.41) is 10.9. The Morgan fingerprint density at radius 1 is 1.32 bits per heavy atom. The van der Waals surface area contributed by atoms with E-state index < -0.39 is 22.5 Å². The number of anilines is 2. The SMILES string of the molecule is CC(C)CSc1nnc(NC(=O)CN(c2ccc3c(c2)OCO3)S(C)(=O)=O)s1. The number of rotatable bonds is 8. The highest BCUT2D eigenvalue weighted by Crippen LogP contribution is 2.36. The highest BCUT2D eigenvalue weighted by atomic mass is 32.2. The molecule has 0 aliphatic carbocycles. The number of aromatic nitrogens is 2. The molecule has 0 spiro atoms. The van der Waals surface area contributed by atoms with Gasteiger partial charge in [0.1, 0.15) is 6.54 Å². The fourth-order valence-corrected chi connectivity index (χ4v) is 4.88. The summed E-state index contributed by atoms with van der Waals surface area (Å²) >= 11 is 2.82. The van der Waals surface area contributed by atoms with Gasteiger partial charge < -0.3 is 9.47 Å². The van der Waals surface area contributed by atoms with E-state index in [0.29, 0.717) is 28.2 Å². The van der Waals surface area contributed by atoms with E-state index in [0.717, 1.165) is 20.7 Å². The molecule has 3 rings (SSSR count). The molecule has 0 saturated heterocycles. The number of sulfonamides is 1. The first-order chi connectivity index (χ1) is 13.2. The molecule has 12 heteroatoms. The number of thioether (sulfide) groups is 1. The van der Waals surface area contributed by atoms with Crippen molar-refractivity contribution in [3.8, 4) is 11.5 Å². The highest BCUT2D eigenvalue weighted by Gasteiger charge is 2.24.